The van der Waals surface area contributed by atoms with E-state index in [2.05, 4.69) is 15.3 Å². The van der Waals surface area contributed by atoms with Crippen molar-refractivity contribution in [3.63, 3.8) is 0 Å². The first kappa shape index (κ1) is 25.4. The summed E-state index contributed by atoms with van der Waals surface area (Å²) in [4.78, 5) is 36.0. The first-order valence-corrected chi connectivity index (χ1v) is 11.8. The van der Waals surface area contributed by atoms with Gasteiger partial charge >= 0.3 is 0 Å². The molecule has 0 spiro atoms. The normalized spacial score (nSPS) is 16.2. The van der Waals surface area contributed by atoms with Crippen LogP contribution >= 0.6 is 0 Å². The fourth-order valence-electron chi connectivity index (χ4n) is 4.49. The maximum Gasteiger partial charge on any atom is 0.276 e. The Morgan fingerprint density at radius 3 is 2.31 bits per heavy atom. The molecular weight excluding hydrogens is 470 g/mol. The average Bonchev–Trinajstić information content (AvgIpc) is 2.86. The number of amides is 2. The second kappa shape index (κ2) is 10.5. The zero-order valence-electron chi connectivity index (χ0n) is 20.0. The molecule has 1 unspecified atom stereocenters. The minimum atomic E-state index is -1.11. The maximum atomic E-state index is 14.1. The molecule has 2 amide bonds. The lowest BCUT2D eigenvalue weighted by molar-refractivity contribution is -0.136. The van der Waals surface area contributed by atoms with Crippen molar-refractivity contribution in [2.45, 2.75) is 38.8 Å². The predicted molar refractivity (Wildman–Crippen MR) is 128 cm³/mol. The van der Waals surface area contributed by atoms with Gasteiger partial charge in [0.05, 0.1) is 17.1 Å². The lowest BCUT2D eigenvalue weighted by atomic mass is 9.86. The van der Waals surface area contributed by atoms with Gasteiger partial charge in [0, 0.05) is 24.7 Å². The first-order valence-electron chi connectivity index (χ1n) is 11.8. The highest BCUT2D eigenvalue weighted by Crippen LogP contribution is 2.32. The summed E-state index contributed by atoms with van der Waals surface area (Å²) in [5.41, 5.74) is 0.639. The number of hydrogen-bond acceptors (Lipinski definition) is 6. The van der Waals surface area contributed by atoms with Crippen LogP contribution in [0.15, 0.2) is 42.5 Å². The standard InChI is InChI=1S/C26H28F2N4O4/c1-14(2)21(31-25(35)22-24(34)30-20-6-4-3-5-19(20)29-22)26(36)32-11-9-15(10-12-32)23(33)17-8-7-16(27)13-18(17)28/h3-8,13-15,21,23,33H,9-12H2,1-2H3,(H,30,34)(H,31,35)/t21-,23?/m0/s1. The van der Waals surface area contributed by atoms with E-state index in [9.17, 15) is 28.6 Å². The van der Waals surface area contributed by atoms with Crippen LogP contribution < -0.4 is 5.32 Å². The number of hydrogen-bond donors (Lipinski definition) is 3. The summed E-state index contributed by atoms with van der Waals surface area (Å²) in [6.07, 6.45) is -0.281. The third-order valence-corrected chi connectivity index (χ3v) is 6.57. The second-order valence-corrected chi connectivity index (χ2v) is 9.35. The molecule has 1 fully saturated rings. The highest BCUT2D eigenvalue weighted by atomic mass is 19.1. The van der Waals surface area contributed by atoms with Crippen LogP contribution in [-0.2, 0) is 4.79 Å². The lowest BCUT2D eigenvalue weighted by Gasteiger charge is -2.37. The van der Waals surface area contributed by atoms with Crippen LogP contribution in [-0.4, -0.2) is 56.0 Å². The number of piperidine rings is 1. The molecule has 1 aliphatic rings. The van der Waals surface area contributed by atoms with E-state index in [1.54, 1.807) is 43.0 Å². The van der Waals surface area contributed by atoms with Crippen LogP contribution in [0.25, 0.3) is 11.0 Å². The SMILES string of the molecule is CC(C)[C@H](NC(=O)c1nc2ccccc2nc1O)C(=O)N1CCC(C(O)c2ccc(F)cc2F)CC1. The summed E-state index contributed by atoms with van der Waals surface area (Å²) in [5, 5.41) is 23.5. The number of aliphatic hydroxyl groups excluding tert-OH is 1. The van der Waals surface area contributed by atoms with E-state index in [0.29, 0.717) is 37.0 Å². The smallest absolute Gasteiger partial charge is 0.276 e. The van der Waals surface area contributed by atoms with Crippen molar-refractivity contribution in [2.75, 3.05) is 13.1 Å². The van der Waals surface area contributed by atoms with Crippen molar-refractivity contribution < 1.29 is 28.6 Å². The second-order valence-electron chi connectivity index (χ2n) is 9.35. The fourth-order valence-corrected chi connectivity index (χ4v) is 4.49. The Morgan fingerprint density at radius 2 is 1.69 bits per heavy atom. The molecule has 2 atom stereocenters. The number of carbonyl (C=O) groups is 2. The summed E-state index contributed by atoms with van der Waals surface area (Å²) in [6, 6.07) is 9.01. The number of aliphatic hydroxyl groups is 1. The number of likely N-dealkylation sites (tertiary alicyclic amines) is 1. The number of rotatable bonds is 6. The molecule has 0 radical (unpaired) electrons. The number of nitrogens with one attached hydrogen (secondary N) is 1. The van der Waals surface area contributed by atoms with E-state index in [4.69, 9.17) is 0 Å². The van der Waals surface area contributed by atoms with Crippen LogP contribution in [0, 0.1) is 23.5 Å². The Hall–Kier alpha value is -3.66. The molecule has 1 aromatic heterocycles. The van der Waals surface area contributed by atoms with E-state index in [1.807, 2.05) is 0 Å². The maximum absolute atomic E-state index is 14.1. The molecular formula is C26H28F2N4O4. The van der Waals surface area contributed by atoms with Crippen molar-refractivity contribution in [1.29, 1.82) is 0 Å². The Bertz CT molecular complexity index is 1280. The number of para-hydroxylation sites is 2. The molecule has 2 aromatic carbocycles. The molecule has 2 heterocycles. The predicted octanol–water partition coefficient (Wildman–Crippen LogP) is 3.34. The van der Waals surface area contributed by atoms with Gasteiger partial charge in [-0.1, -0.05) is 32.0 Å². The van der Waals surface area contributed by atoms with Gasteiger partial charge in [0.15, 0.2) is 5.69 Å². The highest BCUT2D eigenvalue weighted by Gasteiger charge is 2.34. The number of fused-ring (bicyclic) bond motifs is 1. The highest BCUT2D eigenvalue weighted by molar-refractivity contribution is 5.99. The molecule has 1 saturated heterocycles. The van der Waals surface area contributed by atoms with Crippen LogP contribution in [0.1, 0.15) is 48.8 Å². The van der Waals surface area contributed by atoms with Crippen LogP contribution in [0.5, 0.6) is 5.88 Å². The van der Waals surface area contributed by atoms with Gasteiger partial charge in [-0.05, 0) is 42.9 Å². The van der Waals surface area contributed by atoms with Gasteiger partial charge in [0.1, 0.15) is 17.7 Å². The van der Waals surface area contributed by atoms with Gasteiger partial charge in [0.2, 0.25) is 11.8 Å². The molecule has 10 heteroatoms. The minimum absolute atomic E-state index is 0.0322. The van der Waals surface area contributed by atoms with Gasteiger partial charge in [-0.2, -0.15) is 0 Å². The monoisotopic (exact) mass is 498 g/mol. The third kappa shape index (κ3) is 5.28. The van der Waals surface area contributed by atoms with Gasteiger partial charge in [-0.25, -0.2) is 18.7 Å². The van der Waals surface area contributed by atoms with Crippen molar-refractivity contribution in [2.24, 2.45) is 11.8 Å². The molecule has 0 aliphatic carbocycles. The van der Waals surface area contributed by atoms with Gasteiger partial charge in [-0.3, -0.25) is 9.59 Å². The van der Waals surface area contributed by atoms with E-state index in [1.165, 1.54) is 6.07 Å². The summed E-state index contributed by atoms with van der Waals surface area (Å²) in [6.45, 7) is 4.21. The van der Waals surface area contributed by atoms with E-state index in [0.717, 1.165) is 12.1 Å². The van der Waals surface area contributed by atoms with E-state index < -0.39 is 35.6 Å². The largest absolute Gasteiger partial charge is 0.492 e. The Morgan fingerprint density at radius 1 is 1.06 bits per heavy atom. The van der Waals surface area contributed by atoms with Crippen LogP contribution in [0.3, 0.4) is 0 Å². The zero-order valence-corrected chi connectivity index (χ0v) is 20.0. The topological polar surface area (TPSA) is 116 Å². The summed E-state index contributed by atoms with van der Waals surface area (Å²) in [5.74, 6) is -3.61. The number of benzene rings is 2. The summed E-state index contributed by atoms with van der Waals surface area (Å²) < 4.78 is 27.3. The van der Waals surface area contributed by atoms with E-state index >= 15 is 0 Å². The van der Waals surface area contributed by atoms with E-state index in [-0.39, 0.29) is 29.0 Å². The molecule has 0 bridgehead atoms. The average molecular weight is 499 g/mol. The quantitative estimate of drug-likeness (QED) is 0.480. The first-order chi connectivity index (χ1) is 17.2. The number of aromatic nitrogens is 2. The van der Waals surface area contributed by atoms with Crippen molar-refractivity contribution in [3.05, 3.63) is 65.4 Å². The van der Waals surface area contributed by atoms with Crippen LogP contribution in [0.4, 0.5) is 8.78 Å². The summed E-state index contributed by atoms with van der Waals surface area (Å²) >= 11 is 0. The number of carbonyl (C=O) groups excluding carboxylic acids is 2. The number of aromatic hydroxyl groups is 1. The number of halogens is 2. The Balaban J connectivity index is 1.42. The molecule has 190 valence electrons. The molecule has 1 aliphatic heterocycles. The molecule has 3 aromatic rings. The van der Waals surface area contributed by atoms with Crippen LogP contribution in [0.2, 0.25) is 0 Å². The molecule has 0 saturated carbocycles. The van der Waals surface area contributed by atoms with Crippen molar-refractivity contribution >= 4 is 22.8 Å². The van der Waals surface area contributed by atoms with Crippen molar-refractivity contribution in [1.82, 2.24) is 20.2 Å². The third-order valence-electron chi connectivity index (χ3n) is 6.57. The summed E-state index contributed by atoms with van der Waals surface area (Å²) in [7, 11) is 0. The lowest BCUT2D eigenvalue weighted by Crippen LogP contribution is -2.53. The molecule has 36 heavy (non-hydrogen) atoms. The van der Waals surface area contributed by atoms with Crippen molar-refractivity contribution in [3.8, 4) is 5.88 Å². The van der Waals surface area contributed by atoms with Gasteiger partial charge in [-0.15, -0.1) is 0 Å². The molecule has 4 rings (SSSR count). The molecule has 8 nitrogen and oxygen atoms in total. The number of nitrogens with zero attached hydrogens (tertiary/aromatic N) is 3. The Labute approximate surface area is 207 Å². The Kier molecular flexibility index (Phi) is 7.44. The molecule has 3 N–H and O–H groups in total. The van der Waals surface area contributed by atoms with Gasteiger partial charge in [0.25, 0.3) is 5.91 Å². The fraction of sp³-hybridized carbons (Fsp3) is 0.385. The zero-order chi connectivity index (χ0) is 26.0. The minimum Gasteiger partial charge on any atom is -0.492 e. The van der Waals surface area contributed by atoms with Gasteiger partial charge < -0.3 is 20.4 Å².